The second-order valence-electron chi connectivity index (χ2n) is 9.09. The second kappa shape index (κ2) is 11.2. The maximum absolute atomic E-state index is 14.8. The van der Waals surface area contributed by atoms with E-state index >= 15 is 0 Å². The molecule has 4 heteroatoms. The number of alkyl halides is 3. The fourth-order valence-corrected chi connectivity index (χ4v) is 4.86. The van der Waals surface area contributed by atoms with Crippen LogP contribution in [0.2, 0.25) is 0 Å². The summed E-state index contributed by atoms with van der Waals surface area (Å²) in [4.78, 5) is 0. The summed E-state index contributed by atoms with van der Waals surface area (Å²) in [5, 5.41) is 0. The van der Waals surface area contributed by atoms with Crippen LogP contribution < -0.4 is 0 Å². The molecule has 1 aliphatic carbocycles. The first-order chi connectivity index (χ1) is 14.9. The SMILES string of the molecule is CCCCCCCC[C@H]1CC[C@H](c2ccc(-c3ccc(C(F)(F)F)cc3)c(F)c2)CC1. The highest BCUT2D eigenvalue weighted by Crippen LogP contribution is 2.39. The summed E-state index contributed by atoms with van der Waals surface area (Å²) in [6.07, 6.45) is 9.57. The normalized spacial score (nSPS) is 19.5. The molecular formula is C27H34F4. The molecule has 0 bridgehead atoms. The molecule has 1 aliphatic rings. The van der Waals surface area contributed by atoms with E-state index in [1.54, 1.807) is 12.1 Å². The van der Waals surface area contributed by atoms with Gasteiger partial charge in [-0.1, -0.05) is 76.1 Å². The Labute approximate surface area is 184 Å². The van der Waals surface area contributed by atoms with E-state index in [0.29, 0.717) is 17.0 Å². The van der Waals surface area contributed by atoms with Gasteiger partial charge in [-0.25, -0.2) is 4.39 Å². The van der Waals surface area contributed by atoms with Crippen LogP contribution in [0.25, 0.3) is 11.1 Å². The first-order valence-corrected chi connectivity index (χ1v) is 11.9. The highest BCUT2D eigenvalue weighted by Gasteiger charge is 2.30. The Bertz CT molecular complexity index is 799. The first kappa shape index (κ1) is 23.8. The Morgan fingerprint density at radius 2 is 1.45 bits per heavy atom. The second-order valence-corrected chi connectivity index (χ2v) is 9.09. The molecule has 1 saturated carbocycles. The van der Waals surface area contributed by atoms with Crippen molar-refractivity contribution in [3.05, 3.63) is 59.4 Å². The van der Waals surface area contributed by atoms with Crippen LogP contribution in [0.5, 0.6) is 0 Å². The fourth-order valence-electron chi connectivity index (χ4n) is 4.86. The third kappa shape index (κ3) is 6.82. The average Bonchev–Trinajstić information content (AvgIpc) is 2.76. The van der Waals surface area contributed by atoms with Crippen LogP contribution in [0.4, 0.5) is 17.6 Å². The van der Waals surface area contributed by atoms with Gasteiger partial charge in [-0.05, 0) is 66.8 Å². The van der Waals surface area contributed by atoms with Crippen molar-refractivity contribution in [1.29, 1.82) is 0 Å². The van der Waals surface area contributed by atoms with Crippen molar-refractivity contribution in [1.82, 2.24) is 0 Å². The van der Waals surface area contributed by atoms with Gasteiger partial charge < -0.3 is 0 Å². The van der Waals surface area contributed by atoms with E-state index in [1.165, 1.54) is 69.9 Å². The number of benzene rings is 2. The topological polar surface area (TPSA) is 0 Å². The summed E-state index contributed by atoms with van der Waals surface area (Å²) in [6.45, 7) is 2.24. The summed E-state index contributed by atoms with van der Waals surface area (Å²) < 4.78 is 53.0. The van der Waals surface area contributed by atoms with Crippen molar-refractivity contribution >= 4 is 0 Å². The van der Waals surface area contributed by atoms with Crippen LogP contribution in [0.1, 0.15) is 94.6 Å². The molecule has 0 nitrogen and oxygen atoms in total. The molecule has 2 aromatic carbocycles. The molecule has 0 spiro atoms. The largest absolute Gasteiger partial charge is 0.416 e. The molecule has 1 fully saturated rings. The molecular weight excluding hydrogens is 400 g/mol. The molecule has 0 atom stereocenters. The summed E-state index contributed by atoms with van der Waals surface area (Å²) in [5.41, 5.74) is 1.13. The van der Waals surface area contributed by atoms with Crippen LogP contribution in [0.3, 0.4) is 0 Å². The minimum atomic E-state index is -4.38. The molecule has 2 aromatic rings. The van der Waals surface area contributed by atoms with E-state index in [1.807, 2.05) is 6.07 Å². The number of hydrogen-bond acceptors (Lipinski definition) is 0. The van der Waals surface area contributed by atoms with Gasteiger partial charge in [0.25, 0.3) is 0 Å². The van der Waals surface area contributed by atoms with Crippen molar-refractivity contribution < 1.29 is 17.6 Å². The maximum Gasteiger partial charge on any atom is 0.416 e. The predicted octanol–water partition coefficient (Wildman–Crippen LogP) is 9.54. The monoisotopic (exact) mass is 434 g/mol. The van der Waals surface area contributed by atoms with Gasteiger partial charge in [0.1, 0.15) is 5.82 Å². The molecule has 0 unspecified atom stereocenters. The summed E-state index contributed by atoms with van der Waals surface area (Å²) >= 11 is 0. The molecule has 0 aliphatic heterocycles. The van der Waals surface area contributed by atoms with Crippen LogP contribution in [0.15, 0.2) is 42.5 Å². The van der Waals surface area contributed by atoms with Gasteiger partial charge in [0.05, 0.1) is 5.56 Å². The lowest BCUT2D eigenvalue weighted by Crippen LogP contribution is -2.13. The van der Waals surface area contributed by atoms with Crippen molar-refractivity contribution in [3.8, 4) is 11.1 Å². The third-order valence-electron chi connectivity index (χ3n) is 6.80. The Morgan fingerprint density at radius 3 is 2.06 bits per heavy atom. The van der Waals surface area contributed by atoms with Crippen LogP contribution in [0, 0.1) is 11.7 Å². The fraction of sp³-hybridized carbons (Fsp3) is 0.556. The Morgan fingerprint density at radius 1 is 0.806 bits per heavy atom. The zero-order valence-corrected chi connectivity index (χ0v) is 18.5. The first-order valence-electron chi connectivity index (χ1n) is 11.9. The van der Waals surface area contributed by atoms with Gasteiger partial charge >= 0.3 is 6.18 Å². The van der Waals surface area contributed by atoms with Gasteiger partial charge in [0, 0.05) is 5.56 Å². The van der Waals surface area contributed by atoms with Crippen molar-refractivity contribution in [3.63, 3.8) is 0 Å². The Hall–Kier alpha value is -1.84. The van der Waals surface area contributed by atoms with E-state index in [-0.39, 0.29) is 5.82 Å². The lowest BCUT2D eigenvalue weighted by Gasteiger charge is -2.29. The van der Waals surface area contributed by atoms with E-state index in [2.05, 4.69) is 6.92 Å². The molecule has 3 rings (SSSR count). The molecule has 170 valence electrons. The highest BCUT2D eigenvalue weighted by molar-refractivity contribution is 5.65. The van der Waals surface area contributed by atoms with Crippen LogP contribution in [-0.4, -0.2) is 0 Å². The lowest BCUT2D eigenvalue weighted by atomic mass is 9.77. The van der Waals surface area contributed by atoms with Gasteiger partial charge in [-0.15, -0.1) is 0 Å². The molecule has 0 amide bonds. The lowest BCUT2D eigenvalue weighted by molar-refractivity contribution is -0.137. The number of rotatable bonds is 9. The predicted molar refractivity (Wildman–Crippen MR) is 120 cm³/mol. The third-order valence-corrected chi connectivity index (χ3v) is 6.80. The molecule has 0 N–H and O–H groups in total. The highest BCUT2D eigenvalue weighted by atomic mass is 19.4. The zero-order chi connectivity index (χ0) is 22.3. The number of unbranched alkanes of at least 4 members (excludes halogenated alkanes) is 5. The average molecular weight is 435 g/mol. The standard InChI is InChI=1S/C27H34F4/c1-2-3-4-5-6-7-8-20-9-11-21(12-10-20)23-15-18-25(26(28)19-23)22-13-16-24(17-14-22)27(29,30)31/h13-21H,2-12H2,1H3/t20-,21-. The van der Waals surface area contributed by atoms with Gasteiger partial charge in [0.2, 0.25) is 0 Å². The smallest absolute Gasteiger partial charge is 0.206 e. The van der Waals surface area contributed by atoms with E-state index in [0.717, 1.165) is 36.5 Å². The Balaban J connectivity index is 1.52. The summed E-state index contributed by atoms with van der Waals surface area (Å²) in [6, 6.07) is 9.96. The Kier molecular flexibility index (Phi) is 8.57. The zero-order valence-electron chi connectivity index (χ0n) is 18.5. The molecule has 0 heterocycles. The molecule has 0 saturated heterocycles. The van der Waals surface area contributed by atoms with Gasteiger partial charge in [-0.3, -0.25) is 0 Å². The van der Waals surface area contributed by atoms with Crippen molar-refractivity contribution in [2.45, 2.75) is 89.6 Å². The maximum atomic E-state index is 14.8. The van der Waals surface area contributed by atoms with E-state index in [9.17, 15) is 17.6 Å². The number of halogens is 4. The number of hydrogen-bond donors (Lipinski definition) is 0. The van der Waals surface area contributed by atoms with Crippen molar-refractivity contribution in [2.24, 2.45) is 5.92 Å². The van der Waals surface area contributed by atoms with Gasteiger partial charge in [0.15, 0.2) is 0 Å². The quantitative estimate of drug-likeness (QED) is 0.272. The van der Waals surface area contributed by atoms with Crippen molar-refractivity contribution in [2.75, 3.05) is 0 Å². The minimum absolute atomic E-state index is 0.355. The van der Waals surface area contributed by atoms with Crippen LogP contribution in [-0.2, 0) is 6.18 Å². The molecule has 0 aromatic heterocycles. The summed E-state index contributed by atoms with van der Waals surface area (Å²) in [5.74, 6) is 0.835. The van der Waals surface area contributed by atoms with E-state index in [4.69, 9.17) is 0 Å². The minimum Gasteiger partial charge on any atom is -0.206 e. The molecule has 0 radical (unpaired) electrons. The van der Waals surface area contributed by atoms with Gasteiger partial charge in [-0.2, -0.15) is 13.2 Å². The van der Waals surface area contributed by atoms with E-state index < -0.39 is 11.7 Å². The molecule has 31 heavy (non-hydrogen) atoms. The van der Waals surface area contributed by atoms with Crippen LogP contribution >= 0.6 is 0 Å². The summed E-state index contributed by atoms with van der Waals surface area (Å²) in [7, 11) is 0.